The maximum atomic E-state index is 12.6. The van der Waals surface area contributed by atoms with Gasteiger partial charge in [-0.3, -0.25) is 4.40 Å². The summed E-state index contributed by atoms with van der Waals surface area (Å²) >= 11 is 4.08. The summed E-state index contributed by atoms with van der Waals surface area (Å²) < 4.78 is 14.2. The summed E-state index contributed by atoms with van der Waals surface area (Å²) in [7, 11) is 0. The van der Waals surface area contributed by atoms with Crippen molar-refractivity contribution in [2.24, 2.45) is 0 Å². The normalized spacial score (nSPS) is 10.7. The number of pyridine rings is 1. The molecule has 0 unspecified atom stereocenters. The van der Waals surface area contributed by atoms with Crippen LogP contribution >= 0.6 is 12.6 Å². The van der Waals surface area contributed by atoms with Crippen molar-refractivity contribution < 1.29 is 4.39 Å². The number of nitrogens with zero attached hydrogens (tertiary/aromatic N) is 2. The van der Waals surface area contributed by atoms with Gasteiger partial charge in [0, 0.05) is 6.20 Å². The van der Waals surface area contributed by atoms with E-state index in [0.29, 0.717) is 10.7 Å². The van der Waals surface area contributed by atoms with E-state index in [1.807, 2.05) is 0 Å². The average molecular weight is 168 g/mol. The van der Waals surface area contributed by atoms with Crippen LogP contribution in [0.1, 0.15) is 0 Å². The highest BCUT2D eigenvalue weighted by molar-refractivity contribution is 7.80. The maximum absolute atomic E-state index is 12.6. The van der Waals surface area contributed by atoms with Crippen molar-refractivity contribution in [1.29, 1.82) is 0 Å². The van der Waals surface area contributed by atoms with Crippen molar-refractivity contribution in [1.82, 2.24) is 9.38 Å². The molecule has 0 spiro atoms. The second-order valence-electron chi connectivity index (χ2n) is 2.19. The van der Waals surface area contributed by atoms with E-state index in [-0.39, 0.29) is 5.82 Å². The molecule has 11 heavy (non-hydrogen) atoms. The molecule has 0 fully saturated rings. The number of halogens is 1. The van der Waals surface area contributed by atoms with E-state index in [1.54, 1.807) is 16.7 Å². The number of hydrogen-bond acceptors (Lipinski definition) is 2. The van der Waals surface area contributed by atoms with Gasteiger partial charge >= 0.3 is 0 Å². The SMILES string of the molecule is Fc1ccc2ncc(S)n2c1. The fourth-order valence-corrected chi connectivity index (χ4v) is 1.16. The third-order valence-corrected chi connectivity index (χ3v) is 1.78. The average Bonchev–Trinajstić information content (AvgIpc) is 2.33. The van der Waals surface area contributed by atoms with E-state index in [0.717, 1.165) is 0 Å². The first-order chi connectivity index (χ1) is 5.27. The molecule has 0 radical (unpaired) electrons. The van der Waals surface area contributed by atoms with Crippen LogP contribution in [0.2, 0.25) is 0 Å². The van der Waals surface area contributed by atoms with Crippen molar-refractivity contribution in [3.63, 3.8) is 0 Å². The van der Waals surface area contributed by atoms with Crippen LogP contribution in [0.15, 0.2) is 29.6 Å². The molecule has 56 valence electrons. The second-order valence-corrected chi connectivity index (χ2v) is 2.65. The minimum atomic E-state index is -0.286. The van der Waals surface area contributed by atoms with E-state index >= 15 is 0 Å². The fraction of sp³-hybridized carbons (Fsp3) is 0. The highest BCUT2D eigenvalue weighted by atomic mass is 32.1. The van der Waals surface area contributed by atoms with Crippen molar-refractivity contribution in [2.75, 3.05) is 0 Å². The lowest BCUT2D eigenvalue weighted by Crippen LogP contribution is -1.85. The molecule has 4 heteroatoms. The molecular weight excluding hydrogens is 163 g/mol. The monoisotopic (exact) mass is 168 g/mol. The van der Waals surface area contributed by atoms with Crippen LogP contribution in [-0.2, 0) is 0 Å². The van der Waals surface area contributed by atoms with Gasteiger partial charge in [-0.25, -0.2) is 9.37 Å². The van der Waals surface area contributed by atoms with E-state index < -0.39 is 0 Å². The maximum Gasteiger partial charge on any atom is 0.139 e. The minimum Gasteiger partial charge on any atom is -0.292 e. The van der Waals surface area contributed by atoms with Gasteiger partial charge in [0.05, 0.1) is 11.2 Å². The predicted molar refractivity (Wildman–Crippen MR) is 42.4 cm³/mol. The quantitative estimate of drug-likeness (QED) is 0.593. The Bertz CT molecular complexity index is 396. The number of aromatic nitrogens is 2. The van der Waals surface area contributed by atoms with Crippen LogP contribution in [0, 0.1) is 5.82 Å². The Morgan fingerprint density at radius 2 is 2.27 bits per heavy atom. The van der Waals surface area contributed by atoms with E-state index in [4.69, 9.17) is 0 Å². The van der Waals surface area contributed by atoms with Gasteiger partial charge in [0.15, 0.2) is 0 Å². The van der Waals surface area contributed by atoms with Crippen LogP contribution in [0.3, 0.4) is 0 Å². The fourth-order valence-electron chi connectivity index (χ4n) is 0.942. The number of hydrogen-bond donors (Lipinski definition) is 1. The first-order valence-electron chi connectivity index (χ1n) is 3.09. The molecule has 0 aliphatic heterocycles. The molecule has 0 amide bonds. The lowest BCUT2D eigenvalue weighted by Gasteiger charge is -1.93. The van der Waals surface area contributed by atoms with E-state index in [2.05, 4.69) is 17.6 Å². The largest absolute Gasteiger partial charge is 0.292 e. The topological polar surface area (TPSA) is 17.3 Å². The van der Waals surface area contributed by atoms with Crippen molar-refractivity contribution in [3.8, 4) is 0 Å². The lowest BCUT2D eigenvalue weighted by atomic mass is 10.5. The predicted octanol–water partition coefficient (Wildman–Crippen LogP) is 1.76. The second kappa shape index (κ2) is 2.23. The van der Waals surface area contributed by atoms with Gasteiger partial charge in [0.1, 0.15) is 11.5 Å². The van der Waals surface area contributed by atoms with Gasteiger partial charge in [-0.2, -0.15) is 0 Å². The Labute approximate surface area is 68.1 Å². The molecule has 0 N–H and O–H groups in total. The third kappa shape index (κ3) is 0.991. The minimum absolute atomic E-state index is 0.286. The number of fused-ring (bicyclic) bond motifs is 1. The summed E-state index contributed by atoms with van der Waals surface area (Å²) in [6, 6.07) is 2.98. The molecule has 0 bridgehead atoms. The van der Waals surface area contributed by atoms with Gasteiger partial charge < -0.3 is 0 Å². The highest BCUT2D eigenvalue weighted by Crippen LogP contribution is 2.10. The van der Waals surface area contributed by atoms with E-state index in [9.17, 15) is 4.39 Å². The number of imidazole rings is 1. The lowest BCUT2D eigenvalue weighted by molar-refractivity contribution is 0.617. The number of rotatable bonds is 0. The molecule has 2 nitrogen and oxygen atoms in total. The van der Waals surface area contributed by atoms with Crippen molar-refractivity contribution in [2.45, 2.75) is 5.03 Å². The first kappa shape index (κ1) is 6.67. The third-order valence-electron chi connectivity index (χ3n) is 1.45. The standard InChI is InChI=1S/C7H5FN2S/c8-5-1-2-6-9-3-7(11)10(6)4-5/h1-4,11H. The van der Waals surface area contributed by atoms with Crippen LogP contribution in [0.4, 0.5) is 4.39 Å². The van der Waals surface area contributed by atoms with Crippen LogP contribution in [0.25, 0.3) is 5.65 Å². The summed E-state index contributed by atoms with van der Waals surface area (Å²) in [6.07, 6.45) is 2.93. The van der Waals surface area contributed by atoms with Gasteiger partial charge in [0.25, 0.3) is 0 Å². The molecule has 2 aromatic heterocycles. The molecule has 0 aliphatic rings. The zero-order valence-electron chi connectivity index (χ0n) is 5.53. The molecule has 2 aromatic rings. The molecule has 0 atom stereocenters. The van der Waals surface area contributed by atoms with Gasteiger partial charge in [-0.05, 0) is 12.1 Å². The summed E-state index contributed by atoms with van der Waals surface area (Å²) in [5, 5.41) is 0.638. The summed E-state index contributed by atoms with van der Waals surface area (Å²) in [5.74, 6) is -0.286. The van der Waals surface area contributed by atoms with Gasteiger partial charge in [0.2, 0.25) is 0 Å². The Hall–Kier alpha value is -1.03. The van der Waals surface area contributed by atoms with Crippen LogP contribution in [0.5, 0.6) is 0 Å². The first-order valence-corrected chi connectivity index (χ1v) is 3.54. The van der Waals surface area contributed by atoms with Gasteiger partial charge in [-0.15, -0.1) is 12.6 Å². The number of thiol groups is 1. The Morgan fingerprint density at radius 1 is 1.45 bits per heavy atom. The van der Waals surface area contributed by atoms with Crippen molar-refractivity contribution in [3.05, 3.63) is 30.3 Å². The van der Waals surface area contributed by atoms with Gasteiger partial charge in [-0.1, -0.05) is 0 Å². The van der Waals surface area contributed by atoms with Crippen LogP contribution in [-0.4, -0.2) is 9.38 Å². The Morgan fingerprint density at radius 3 is 3.09 bits per heavy atom. The molecule has 0 aliphatic carbocycles. The molecule has 2 rings (SSSR count). The summed E-state index contributed by atoms with van der Waals surface area (Å²) in [5.41, 5.74) is 0.705. The highest BCUT2D eigenvalue weighted by Gasteiger charge is 1.98. The molecule has 0 aromatic carbocycles. The van der Waals surface area contributed by atoms with Crippen LogP contribution < -0.4 is 0 Å². The Kier molecular flexibility index (Phi) is 1.35. The summed E-state index contributed by atoms with van der Waals surface area (Å²) in [4.78, 5) is 3.98. The zero-order chi connectivity index (χ0) is 7.84. The smallest absolute Gasteiger partial charge is 0.139 e. The molecule has 0 saturated carbocycles. The molecular formula is C7H5FN2S. The zero-order valence-corrected chi connectivity index (χ0v) is 6.42. The van der Waals surface area contributed by atoms with Crippen molar-refractivity contribution >= 4 is 18.3 Å². The van der Waals surface area contributed by atoms with E-state index in [1.165, 1.54) is 12.3 Å². The summed E-state index contributed by atoms with van der Waals surface area (Å²) in [6.45, 7) is 0. The Balaban J connectivity index is 2.87. The molecule has 2 heterocycles. The molecule has 0 saturated heterocycles.